The van der Waals surface area contributed by atoms with E-state index < -0.39 is 0 Å². The van der Waals surface area contributed by atoms with Crippen LogP contribution in [0.3, 0.4) is 0 Å². The molecule has 1 fully saturated rings. The fourth-order valence-electron chi connectivity index (χ4n) is 1.97. The second kappa shape index (κ2) is 1.98. The first kappa shape index (κ1) is 7.07. The van der Waals surface area contributed by atoms with Crippen molar-refractivity contribution in [3.63, 3.8) is 0 Å². The molecule has 0 saturated carbocycles. The van der Waals surface area contributed by atoms with E-state index in [9.17, 15) is 0 Å². The molecule has 1 aliphatic rings. The van der Waals surface area contributed by atoms with Crippen molar-refractivity contribution in [2.45, 2.75) is 39.8 Å². The Morgan fingerprint density at radius 2 is 2.00 bits per heavy atom. The quantitative estimate of drug-likeness (QED) is 0.392. The van der Waals surface area contributed by atoms with E-state index in [0.29, 0.717) is 0 Å². The first-order valence-electron chi connectivity index (χ1n) is 4.00. The molecule has 1 rings (SSSR count). The Bertz CT molecular complexity index is 105. The van der Waals surface area contributed by atoms with E-state index in [1.807, 2.05) is 0 Å². The summed E-state index contributed by atoms with van der Waals surface area (Å²) in [7, 11) is 0. The highest BCUT2D eigenvalue weighted by atomic mass is 15.5. The molecule has 1 saturated heterocycles. The van der Waals surface area contributed by atoms with Gasteiger partial charge in [-0.25, -0.2) is 0 Å². The number of hydrogen-bond donors (Lipinski definition) is 0. The van der Waals surface area contributed by atoms with Crippen LogP contribution in [0.2, 0.25) is 0 Å². The Labute approximate surface area is 58.3 Å². The molecule has 1 heterocycles. The molecule has 0 N–H and O–H groups in total. The van der Waals surface area contributed by atoms with Gasteiger partial charge in [0.05, 0.1) is 12.6 Å². The Morgan fingerprint density at radius 3 is 2.00 bits per heavy atom. The maximum Gasteiger partial charge on any atom is 0.136 e. The van der Waals surface area contributed by atoms with Gasteiger partial charge < -0.3 is 4.48 Å². The maximum absolute atomic E-state index is 2.35. The lowest BCUT2D eigenvalue weighted by molar-refractivity contribution is -0.833. The summed E-state index contributed by atoms with van der Waals surface area (Å²) in [6.45, 7) is 12.0. The topological polar surface area (TPSA) is 0 Å². The number of rotatable bonds is 2. The van der Waals surface area contributed by atoms with Gasteiger partial charge in [-0.1, -0.05) is 0 Å². The van der Waals surface area contributed by atoms with Crippen molar-refractivity contribution in [3.8, 4) is 0 Å². The molecule has 0 aromatic carbocycles. The monoisotopic (exact) mass is 128 g/mol. The fraction of sp³-hybridized carbons (Fsp3) is 1.00. The van der Waals surface area contributed by atoms with Crippen molar-refractivity contribution >= 4 is 0 Å². The van der Waals surface area contributed by atoms with Crippen LogP contribution in [0.15, 0.2) is 0 Å². The van der Waals surface area contributed by atoms with E-state index >= 15 is 0 Å². The zero-order chi connectivity index (χ0) is 7.07. The highest BCUT2D eigenvalue weighted by Gasteiger charge is 2.51. The summed E-state index contributed by atoms with van der Waals surface area (Å²) in [6, 6.07) is 1.78. The third-order valence-electron chi connectivity index (χ3n) is 2.97. The SMILES string of the molecule is CC[N+]1(C(C)C)CC1C. The number of hydrogen-bond acceptors (Lipinski definition) is 0. The predicted octanol–water partition coefficient (Wildman–Crippen LogP) is 1.63. The number of likely N-dealkylation sites (N-methyl/N-ethyl adjacent to an activating group) is 1. The van der Waals surface area contributed by atoms with Gasteiger partial charge in [0.1, 0.15) is 12.6 Å². The Hall–Kier alpha value is -0.0400. The third-order valence-corrected chi connectivity index (χ3v) is 2.97. The molecule has 0 spiro atoms. The summed E-state index contributed by atoms with van der Waals surface area (Å²) in [5, 5.41) is 0. The summed E-state index contributed by atoms with van der Waals surface area (Å²) in [5.74, 6) is 0. The van der Waals surface area contributed by atoms with Crippen LogP contribution in [0.4, 0.5) is 0 Å². The Morgan fingerprint density at radius 1 is 1.56 bits per heavy atom. The normalized spacial score (nSPS) is 41.7. The van der Waals surface area contributed by atoms with Gasteiger partial charge in [-0.05, 0) is 27.7 Å². The van der Waals surface area contributed by atoms with Gasteiger partial charge in [0.15, 0.2) is 0 Å². The van der Waals surface area contributed by atoms with Gasteiger partial charge in [-0.2, -0.15) is 0 Å². The highest BCUT2D eigenvalue weighted by molar-refractivity contribution is 4.70. The zero-order valence-electron chi connectivity index (χ0n) is 7.02. The molecule has 9 heavy (non-hydrogen) atoms. The van der Waals surface area contributed by atoms with Crippen LogP contribution in [-0.4, -0.2) is 29.7 Å². The fourth-order valence-corrected chi connectivity index (χ4v) is 1.97. The van der Waals surface area contributed by atoms with Crippen molar-refractivity contribution in [1.82, 2.24) is 0 Å². The summed E-state index contributed by atoms with van der Waals surface area (Å²) >= 11 is 0. The van der Waals surface area contributed by atoms with E-state index in [1.54, 1.807) is 0 Å². The standard InChI is InChI=1S/C8H18N/c1-5-9(7(2)3)6-8(9)4/h7-8H,5-6H2,1-4H3/q+1. The second-order valence-corrected chi connectivity index (χ2v) is 3.54. The van der Waals surface area contributed by atoms with Gasteiger partial charge in [0.2, 0.25) is 0 Å². The van der Waals surface area contributed by atoms with Crippen LogP contribution in [0.25, 0.3) is 0 Å². The molecule has 0 amide bonds. The van der Waals surface area contributed by atoms with Crippen LogP contribution in [0.5, 0.6) is 0 Å². The van der Waals surface area contributed by atoms with Gasteiger partial charge >= 0.3 is 0 Å². The van der Waals surface area contributed by atoms with Crippen molar-refractivity contribution in [2.24, 2.45) is 0 Å². The van der Waals surface area contributed by atoms with E-state index in [0.717, 1.165) is 12.1 Å². The van der Waals surface area contributed by atoms with Crippen LogP contribution in [0, 0.1) is 0 Å². The van der Waals surface area contributed by atoms with Crippen LogP contribution < -0.4 is 0 Å². The smallest absolute Gasteiger partial charge is 0.136 e. The summed E-state index contributed by atoms with van der Waals surface area (Å²) in [5.41, 5.74) is 0. The van der Waals surface area contributed by atoms with Gasteiger partial charge in [-0.15, -0.1) is 0 Å². The molecular formula is C8H18N+. The van der Waals surface area contributed by atoms with Gasteiger partial charge in [-0.3, -0.25) is 0 Å². The molecule has 2 atom stereocenters. The molecular weight excluding hydrogens is 110 g/mol. The summed E-state index contributed by atoms with van der Waals surface area (Å²) < 4.78 is 1.36. The van der Waals surface area contributed by atoms with Gasteiger partial charge in [0, 0.05) is 0 Å². The van der Waals surface area contributed by atoms with E-state index in [-0.39, 0.29) is 0 Å². The van der Waals surface area contributed by atoms with E-state index in [1.165, 1.54) is 17.6 Å². The lowest BCUT2D eigenvalue weighted by Crippen LogP contribution is -2.35. The van der Waals surface area contributed by atoms with Crippen molar-refractivity contribution < 1.29 is 4.48 Å². The zero-order valence-corrected chi connectivity index (χ0v) is 7.02. The minimum absolute atomic E-state index is 0.838. The molecule has 2 unspecified atom stereocenters. The predicted molar refractivity (Wildman–Crippen MR) is 40.3 cm³/mol. The minimum Gasteiger partial charge on any atom is -0.310 e. The van der Waals surface area contributed by atoms with Crippen LogP contribution in [-0.2, 0) is 0 Å². The molecule has 1 nitrogen and oxygen atoms in total. The van der Waals surface area contributed by atoms with E-state index in [4.69, 9.17) is 0 Å². The van der Waals surface area contributed by atoms with Crippen molar-refractivity contribution in [3.05, 3.63) is 0 Å². The summed E-state index contributed by atoms with van der Waals surface area (Å²) in [6.07, 6.45) is 0. The van der Waals surface area contributed by atoms with Crippen LogP contribution >= 0.6 is 0 Å². The lowest BCUT2D eigenvalue weighted by Gasteiger charge is -2.22. The second-order valence-electron chi connectivity index (χ2n) is 3.54. The average molecular weight is 128 g/mol. The summed E-state index contributed by atoms with van der Waals surface area (Å²) in [4.78, 5) is 0. The molecule has 1 heteroatoms. The van der Waals surface area contributed by atoms with Crippen molar-refractivity contribution in [2.75, 3.05) is 13.1 Å². The first-order valence-corrected chi connectivity index (χ1v) is 4.00. The highest BCUT2D eigenvalue weighted by Crippen LogP contribution is 2.33. The largest absolute Gasteiger partial charge is 0.310 e. The molecule has 0 aromatic heterocycles. The minimum atomic E-state index is 0.838. The van der Waals surface area contributed by atoms with Crippen molar-refractivity contribution in [1.29, 1.82) is 0 Å². The van der Waals surface area contributed by atoms with E-state index in [2.05, 4.69) is 27.7 Å². The Kier molecular flexibility index (Phi) is 1.55. The maximum atomic E-state index is 2.35. The van der Waals surface area contributed by atoms with Crippen LogP contribution in [0.1, 0.15) is 27.7 Å². The first-order chi connectivity index (χ1) is 4.13. The number of nitrogens with zero attached hydrogens (tertiary/aromatic N) is 1. The molecule has 0 radical (unpaired) electrons. The molecule has 1 aliphatic heterocycles. The molecule has 54 valence electrons. The van der Waals surface area contributed by atoms with Gasteiger partial charge in [0.25, 0.3) is 0 Å². The average Bonchev–Trinajstić information content (AvgIpc) is 2.43. The molecule has 0 aromatic rings. The Balaban J connectivity index is 2.52. The molecule has 0 aliphatic carbocycles. The number of quaternary nitrogens is 1. The molecule has 0 bridgehead atoms. The lowest BCUT2D eigenvalue weighted by atomic mass is 10.3. The third kappa shape index (κ3) is 0.877.